The molecule has 1 unspecified atom stereocenters. The van der Waals surface area contributed by atoms with Crippen molar-refractivity contribution in [1.82, 2.24) is 14.5 Å². The fourth-order valence-corrected chi connectivity index (χ4v) is 3.48. The number of amides is 1. The number of hydrogen-bond donors (Lipinski definition) is 1. The lowest BCUT2D eigenvalue weighted by atomic mass is 10.0. The summed E-state index contributed by atoms with van der Waals surface area (Å²) in [7, 11) is 3.78. The van der Waals surface area contributed by atoms with Gasteiger partial charge in [-0.1, -0.05) is 6.07 Å². The quantitative estimate of drug-likeness (QED) is 0.922. The predicted octanol–water partition coefficient (Wildman–Crippen LogP) is 2.19. The fourth-order valence-electron chi connectivity index (χ4n) is 3.48. The van der Waals surface area contributed by atoms with Crippen LogP contribution in [0.25, 0.3) is 0 Å². The number of ether oxygens (including phenoxy) is 2. The maximum absolute atomic E-state index is 13.0. The Kier molecular flexibility index (Phi) is 4.09. The van der Waals surface area contributed by atoms with Crippen LogP contribution >= 0.6 is 0 Å². The first-order valence-electron chi connectivity index (χ1n) is 8.55. The number of likely N-dealkylation sites (N-methyl/N-ethyl adjacent to an activating group) is 1. The Morgan fingerprint density at radius 1 is 1.28 bits per heavy atom. The smallest absolute Gasteiger partial charge is 0.247 e. The van der Waals surface area contributed by atoms with Gasteiger partial charge in [0, 0.05) is 13.0 Å². The lowest BCUT2D eigenvalue weighted by Gasteiger charge is -2.24. The minimum atomic E-state index is -0.427. The zero-order valence-corrected chi connectivity index (χ0v) is 14.5. The average Bonchev–Trinajstić information content (AvgIpc) is 3.21. The fraction of sp³-hybridized carbons (Fsp3) is 0.444. The third-order valence-corrected chi connectivity index (χ3v) is 4.70. The first-order valence-corrected chi connectivity index (χ1v) is 8.55. The Hall–Kier alpha value is -2.54. The van der Waals surface area contributed by atoms with Crippen molar-refractivity contribution >= 4 is 11.7 Å². The number of imidazole rings is 1. The molecular formula is C18H22N4O3. The zero-order chi connectivity index (χ0) is 17.4. The molecule has 0 saturated carbocycles. The third-order valence-electron chi connectivity index (χ3n) is 4.70. The lowest BCUT2D eigenvalue weighted by molar-refractivity contribution is -0.120. The molecule has 1 aromatic carbocycles. The molecule has 0 saturated heterocycles. The molecule has 0 fully saturated rings. The maximum Gasteiger partial charge on any atom is 0.247 e. The van der Waals surface area contributed by atoms with E-state index < -0.39 is 6.04 Å². The van der Waals surface area contributed by atoms with Crippen LogP contribution in [-0.2, 0) is 17.8 Å². The minimum Gasteiger partial charge on any atom is -0.454 e. The molecule has 7 nitrogen and oxygen atoms in total. The summed E-state index contributed by atoms with van der Waals surface area (Å²) in [6.07, 6.45) is 4.99. The van der Waals surface area contributed by atoms with Gasteiger partial charge in [0.2, 0.25) is 12.7 Å². The van der Waals surface area contributed by atoms with Crippen LogP contribution in [-0.4, -0.2) is 41.2 Å². The molecule has 0 spiro atoms. The molecule has 0 aliphatic carbocycles. The Morgan fingerprint density at radius 2 is 2.12 bits per heavy atom. The van der Waals surface area contributed by atoms with Gasteiger partial charge < -0.3 is 19.4 Å². The van der Waals surface area contributed by atoms with E-state index >= 15 is 0 Å². The predicted molar refractivity (Wildman–Crippen MR) is 92.8 cm³/mol. The Morgan fingerprint density at radius 3 is 2.96 bits per heavy atom. The summed E-state index contributed by atoms with van der Waals surface area (Å²) >= 11 is 0. The molecule has 0 bridgehead atoms. The first kappa shape index (κ1) is 16.0. The van der Waals surface area contributed by atoms with Crippen molar-refractivity contribution in [1.29, 1.82) is 0 Å². The molecule has 1 N–H and O–H groups in total. The van der Waals surface area contributed by atoms with Gasteiger partial charge in [-0.3, -0.25) is 9.69 Å². The molecule has 1 amide bonds. The van der Waals surface area contributed by atoms with Crippen LogP contribution in [0.15, 0.2) is 24.4 Å². The monoisotopic (exact) mass is 342 g/mol. The lowest BCUT2D eigenvalue weighted by Crippen LogP contribution is -2.33. The number of hydrogen-bond acceptors (Lipinski definition) is 5. The number of aryl methyl sites for hydroxylation is 1. The highest BCUT2D eigenvalue weighted by Gasteiger charge is 2.27. The molecule has 25 heavy (non-hydrogen) atoms. The maximum atomic E-state index is 13.0. The summed E-state index contributed by atoms with van der Waals surface area (Å²) in [6, 6.07) is 5.20. The summed E-state index contributed by atoms with van der Waals surface area (Å²) in [6.45, 7) is 1.13. The summed E-state index contributed by atoms with van der Waals surface area (Å²) in [5, 5.41) is 3.05. The normalized spacial score (nSPS) is 16.6. The van der Waals surface area contributed by atoms with E-state index in [1.54, 1.807) is 6.20 Å². The number of nitrogens with one attached hydrogen (secondary N) is 1. The molecular weight excluding hydrogens is 320 g/mol. The van der Waals surface area contributed by atoms with Gasteiger partial charge in [0.25, 0.3) is 0 Å². The SMILES string of the molecule is CN(C)C(C(=O)Nc1cnc2n1CCCC2)c1ccc2c(c1)OCO2. The molecule has 2 aliphatic heterocycles. The topological polar surface area (TPSA) is 68.6 Å². The highest BCUT2D eigenvalue weighted by atomic mass is 16.7. The molecule has 2 aromatic rings. The average molecular weight is 342 g/mol. The molecule has 1 aromatic heterocycles. The van der Waals surface area contributed by atoms with Crippen LogP contribution in [0.2, 0.25) is 0 Å². The van der Waals surface area contributed by atoms with E-state index in [1.807, 2.05) is 37.2 Å². The molecule has 7 heteroatoms. The highest BCUT2D eigenvalue weighted by molar-refractivity contribution is 5.95. The van der Waals surface area contributed by atoms with Gasteiger partial charge in [0.15, 0.2) is 11.5 Å². The van der Waals surface area contributed by atoms with Crippen LogP contribution < -0.4 is 14.8 Å². The van der Waals surface area contributed by atoms with Gasteiger partial charge in [-0.2, -0.15) is 0 Å². The van der Waals surface area contributed by atoms with E-state index in [0.29, 0.717) is 11.5 Å². The molecule has 2 aliphatic rings. The number of rotatable bonds is 4. The first-order chi connectivity index (χ1) is 12.1. The van der Waals surface area contributed by atoms with E-state index in [0.717, 1.165) is 43.0 Å². The van der Waals surface area contributed by atoms with Gasteiger partial charge >= 0.3 is 0 Å². The largest absolute Gasteiger partial charge is 0.454 e. The van der Waals surface area contributed by atoms with E-state index in [2.05, 4.69) is 14.9 Å². The minimum absolute atomic E-state index is 0.0860. The van der Waals surface area contributed by atoms with Crippen molar-refractivity contribution in [2.75, 3.05) is 26.2 Å². The van der Waals surface area contributed by atoms with Crippen LogP contribution in [0, 0.1) is 0 Å². The van der Waals surface area contributed by atoms with Crippen molar-refractivity contribution < 1.29 is 14.3 Å². The number of carbonyl (C=O) groups excluding carboxylic acids is 1. The van der Waals surface area contributed by atoms with E-state index in [1.165, 1.54) is 0 Å². The summed E-state index contributed by atoms with van der Waals surface area (Å²) in [4.78, 5) is 19.3. The molecule has 3 heterocycles. The Labute approximate surface area is 146 Å². The van der Waals surface area contributed by atoms with Crippen molar-refractivity contribution in [3.05, 3.63) is 35.8 Å². The van der Waals surface area contributed by atoms with Crippen LogP contribution in [0.1, 0.15) is 30.3 Å². The highest BCUT2D eigenvalue weighted by Crippen LogP contribution is 2.35. The molecule has 0 radical (unpaired) electrons. The van der Waals surface area contributed by atoms with Crippen LogP contribution in [0.4, 0.5) is 5.82 Å². The second kappa shape index (κ2) is 6.40. The van der Waals surface area contributed by atoms with E-state index in [-0.39, 0.29) is 12.7 Å². The summed E-state index contributed by atoms with van der Waals surface area (Å²) < 4.78 is 12.9. The van der Waals surface area contributed by atoms with Gasteiger partial charge in [0.1, 0.15) is 17.7 Å². The molecule has 4 rings (SSSR count). The molecule has 132 valence electrons. The third kappa shape index (κ3) is 2.95. The molecule has 1 atom stereocenters. The van der Waals surface area contributed by atoms with Crippen molar-refractivity contribution in [2.45, 2.75) is 31.8 Å². The number of carbonyl (C=O) groups is 1. The van der Waals surface area contributed by atoms with Gasteiger partial charge in [-0.15, -0.1) is 0 Å². The van der Waals surface area contributed by atoms with Crippen molar-refractivity contribution in [3.8, 4) is 11.5 Å². The van der Waals surface area contributed by atoms with E-state index in [9.17, 15) is 4.79 Å². The summed E-state index contributed by atoms with van der Waals surface area (Å²) in [5.74, 6) is 3.13. The Bertz CT molecular complexity index is 800. The number of anilines is 1. The summed E-state index contributed by atoms with van der Waals surface area (Å²) in [5.41, 5.74) is 0.866. The second-order valence-electron chi connectivity index (χ2n) is 6.64. The number of benzene rings is 1. The van der Waals surface area contributed by atoms with Gasteiger partial charge in [0.05, 0.1) is 6.20 Å². The number of fused-ring (bicyclic) bond motifs is 2. The van der Waals surface area contributed by atoms with Gasteiger partial charge in [-0.05, 0) is 44.6 Å². The van der Waals surface area contributed by atoms with Crippen molar-refractivity contribution in [3.63, 3.8) is 0 Å². The number of nitrogens with zero attached hydrogens (tertiary/aromatic N) is 3. The van der Waals surface area contributed by atoms with Crippen molar-refractivity contribution in [2.24, 2.45) is 0 Å². The Balaban J connectivity index is 1.58. The van der Waals surface area contributed by atoms with E-state index in [4.69, 9.17) is 9.47 Å². The second-order valence-corrected chi connectivity index (χ2v) is 6.64. The number of aromatic nitrogens is 2. The zero-order valence-electron chi connectivity index (χ0n) is 14.5. The van der Waals surface area contributed by atoms with Gasteiger partial charge in [-0.25, -0.2) is 4.98 Å². The standard InChI is InChI=1S/C18H22N4O3/c1-21(2)17(12-6-7-13-14(9-12)25-11-24-13)18(23)20-16-10-19-15-5-3-4-8-22(15)16/h6-7,9-10,17H,3-5,8,11H2,1-2H3,(H,20,23). The van der Waals surface area contributed by atoms with Crippen LogP contribution in [0.5, 0.6) is 11.5 Å². The van der Waals surface area contributed by atoms with Crippen LogP contribution in [0.3, 0.4) is 0 Å².